The van der Waals surface area contributed by atoms with Crippen molar-refractivity contribution >= 4 is 46.6 Å². The summed E-state index contributed by atoms with van der Waals surface area (Å²) in [6.07, 6.45) is 0. The van der Waals surface area contributed by atoms with Crippen LogP contribution in [0.3, 0.4) is 0 Å². The maximum Gasteiger partial charge on any atom is 0.266 e. The third-order valence-corrected chi connectivity index (χ3v) is 6.04. The lowest BCUT2D eigenvalue weighted by atomic mass is 10.0. The van der Waals surface area contributed by atoms with Crippen LogP contribution >= 0.6 is 23.4 Å². The van der Waals surface area contributed by atoms with Crippen molar-refractivity contribution in [3.63, 3.8) is 0 Å². The van der Waals surface area contributed by atoms with Crippen molar-refractivity contribution in [3.05, 3.63) is 58.6 Å². The van der Waals surface area contributed by atoms with E-state index in [-0.39, 0.29) is 17.6 Å². The van der Waals surface area contributed by atoms with Crippen LogP contribution in [0.1, 0.15) is 11.1 Å². The van der Waals surface area contributed by atoms with E-state index in [1.165, 1.54) is 11.8 Å². The number of halogens is 1. The molecule has 23 heavy (non-hydrogen) atoms. The topological polar surface area (TPSA) is 49.4 Å². The van der Waals surface area contributed by atoms with Crippen LogP contribution in [0, 0.1) is 6.92 Å². The van der Waals surface area contributed by atoms with E-state index in [9.17, 15) is 9.59 Å². The number of carbonyl (C=O) groups excluding carboxylic acids is 2. The SMILES string of the molecule is Cc1cc(N2C(=O)CS[C@]23C(=O)Nc2ccccc23)ccc1Cl. The van der Waals surface area contributed by atoms with E-state index in [2.05, 4.69) is 5.32 Å². The summed E-state index contributed by atoms with van der Waals surface area (Å²) < 4.78 is 0. The molecule has 2 aromatic carbocycles. The fourth-order valence-corrected chi connectivity index (χ4v) is 4.58. The zero-order valence-corrected chi connectivity index (χ0v) is 13.9. The van der Waals surface area contributed by atoms with Crippen LogP contribution in [0.4, 0.5) is 11.4 Å². The Morgan fingerprint density at radius 2 is 2.00 bits per heavy atom. The van der Waals surface area contributed by atoms with Crippen LogP contribution in [-0.4, -0.2) is 17.6 Å². The molecular formula is C17H13ClN2O2S. The molecule has 2 aliphatic heterocycles. The molecule has 116 valence electrons. The average molecular weight is 345 g/mol. The van der Waals surface area contributed by atoms with Gasteiger partial charge < -0.3 is 5.32 Å². The zero-order chi connectivity index (χ0) is 16.2. The number of benzene rings is 2. The molecule has 1 spiro atoms. The van der Waals surface area contributed by atoms with E-state index in [1.54, 1.807) is 17.0 Å². The minimum Gasteiger partial charge on any atom is -0.323 e. The van der Waals surface area contributed by atoms with Gasteiger partial charge in [-0.1, -0.05) is 29.8 Å². The molecule has 0 radical (unpaired) electrons. The Labute approximate surface area is 142 Å². The third-order valence-electron chi connectivity index (χ3n) is 4.22. The van der Waals surface area contributed by atoms with Gasteiger partial charge in [-0.3, -0.25) is 14.5 Å². The molecule has 1 atom stereocenters. The van der Waals surface area contributed by atoms with Crippen LogP contribution in [0.5, 0.6) is 0 Å². The molecule has 0 aromatic heterocycles. The minimum absolute atomic E-state index is 0.0800. The Kier molecular flexibility index (Phi) is 3.18. The van der Waals surface area contributed by atoms with Gasteiger partial charge in [0.2, 0.25) is 10.8 Å². The second-order valence-electron chi connectivity index (χ2n) is 5.60. The normalized spacial score (nSPS) is 22.6. The van der Waals surface area contributed by atoms with Crippen LogP contribution in [0.2, 0.25) is 5.02 Å². The number of rotatable bonds is 1. The highest BCUT2D eigenvalue weighted by molar-refractivity contribution is 8.02. The molecule has 0 bridgehead atoms. The first-order valence-electron chi connectivity index (χ1n) is 7.18. The van der Waals surface area contributed by atoms with Gasteiger partial charge in [-0.25, -0.2) is 0 Å². The summed E-state index contributed by atoms with van der Waals surface area (Å²) in [6, 6.07) is 12.9. The number of hydrogen-bond acceptors (Lipinski definition) is 3. The standard InChI is InChI=1S/C17H13ClN2O2S/c1-10-8-11(6-7-13(10)18)20-15(21)9-23-17(20)12-4-2-3-5-14(12)19-16(17)22/h2-8H,9H2,1H3,(H,19,22)/t17-/m1/s1. The predicted octanol–water partition coefficient (Wildman–Crippen LogP) is 3.53. The lowest BCUT2D eigenvalue weighted by Crippen LogP contribution is -2.47. The monoisotopic (exact) mass is 344 g/mol. The Hall–Kier alpha value is -1.98. The number of hydrogen-bond donors (Lipinski definition) is 1. The van der Waals surface area contributed by atoms with Crippen LogP contribution in [-0.2, 0) is 14.5 Å². The first kappa shape index (κ1) is 14.6. The number of nitrogens with zero attached hydrogens (tertiary/aromatic N) is 1. The number of para-hydroxylation sites is 1. The molecule has 0 unspecified atom stereocenters. The Bertz CT molecular complexity index is 854. The average Bonchev–Trinajstić information content (AvgIpc) is 3.02. The maximum absolute atomic E-state index is 12.8. The minimum atomic E-state index is -1.03. The molecule has 1 fully saturated rings. The number of carbonyl (C=O) groups is 2. The number of fused-ring (bicyclic) bond motifs is 2. The molecule has 2 aliphatic rings. The summed E-state index contributed by atoms with van der Waals surface area (Å²) in [5.41, 5.74) is 3.15. The van der Waals surface area contributed by atoms with Gasteiger partial charge >= 0.3 is 0 Å². The van der Waals surface area contributed by atoms with Gasteiger partial charge in [0.05, 0.1) is 5.75 Å². The molecule has 0 aliphatic carbocycles. The lowest BCUT2D eigenvalue weighted by Gasteiger charge is -2.32. The number of amides is 2. The van der Waals surface area contributed by atoms with Crippen molar-refractivity contribution in [3.8, 4) is 0 Å². The van der Waals surface area contributed by atoms with Gasteiger partial charge in [0.1, 0.15) is 0 Å². The highest BCUT2D eigenvalue weighted by Gasteiger charge is 2.58. The van der Waals surface area contributed by atoms with Crippen molar-refractivity contribution < 1.29 is 9.59 Å². The van der Waals surface area contributed by atoms with E-state index in [0.717, 1.165) is 16.8 Å². The summed E-state index contributed by atoms with van der Waals surface area (Å²) in [4.78, 5) is 25.9. The molecule has 2 amide bonds. The largest absolute Gasteiger partial charge is 0.323 e. The molecule has 0 saturated carbocycles. The van der Waals surface area contributed by atoms with Gasteiger partial charge in [-0.15, -0.1) is 11.8 Å². The fraction of sp³-hybridized carbons (Fsp3) is 0.176. The summed E-state index contributed by atoms with van der Waals surface area (Å²) >= 11 is 7.45. The first-order valence-corrected chi connectivity index (χ1v) is 8.54. The number of thioether (sulfide) groups is 1. The molecule has 1 saturated heterocycles. The molecule has 1 N–H and O–H groups in total. The van der Waals surface area contributed by atoms with E-state index in [0.29, 0.717) is 10.7 Å². The quantitative estimate of drug-likeness (QED) is 0.861. The number of anilines is 2. The molecular weight excluding hydrogens is 332 g/mol. The van der Waals surface area contributed by atoms with Crippen LogP contribution in [0.25, 0.3) is 0 Å². The molecule has 4 nitrogen and oxygen atoms in total. The Morgan fingerprint density at radius 3 is 2.78 bits per heavy atom. The van der Waals surface area contributed by atoms with Gasteiger partial charge in [0.15, 0.2) is 0 Å². The van der Waals surface area contributed by atoms with E-state index in [4.69, 9.17) is 11.6 Å². The predicted molar refractivity (Wildman–Crippen MR) is 92.9 cm³/mol. The zero-order valence-electron chi connectivity index (χ0n) is 12.3. The fourth-order valence-electron chi connectivity index (χ4n) is 3.15. The smallest absolute Gasteiger partial charge is 0.266 e. The van der Waals surface area contributed by atoms with Crippen LogP contribution in [0.15, 0.2) is 42.5 Å². The van der Waals surface area contributed by atoms with E-state index >= 15 is 0 Å². The lowest BCUT2D eigenvalue weighted by molar-refractivity contribution is -0.122. The van der Waals surface area contributed by atoms with E-state index < -0.39 is 4.87 Å². The first-order chi connectivity index (χ1) is 11.0. The maximum atomic E-state index is 12.8. The summed E-state index contributed by atoms with van der Waals surface area (Å²) in [6.45, 7) is 1.88. The van der Waals surface area contributed by atoms with Crippen LogP contribution < -0.4 is 10.2 Å². The van der Waals surface area contributed by atoms with Gasteiger partial charge in [-0.2, -0.15) is 0 Å². The number of nitrogens with one attached hydrogen (secondary N) is 1. The van der Waals surface area contributed by atoms with E-state index in [1.807, 2.05) is 37.3 Å². The second kappa shape index (κ2) is 5.01. The van der Waals surface area contributed by atoms with Crippen molar-refractivity contribution in [2.24, 2.45) is 0 Å². The molecule has 4 rings (SSSR count). The van der Waals surface area contributed by atoms with Crippen molar-refractivity contribution in [2.45, 2.75) is 11.8 Å². The summed E-state index contributed by atoms with van der Waals surface area (Å²) in [7, 11) is 0. The van der Waals surface area contributed by atoms with Gasteiger partial charge in [0, 0.05) is 22.0 Å². The highest BCUT2D eigenvalue weighted by Crippen LogP contribution is 2.53. The van der Waals surface area contributed by atoms with Gasteiger partial charge in [-0.05, 0) is 36.8 Å². The second-order valence-corrected chi connectivity index (χ2v) is 7.17. The Morgan fingerprint density at radius 1 is 1.22 bits per heavy atom. The molecule has 2 heterocycles. The highest BCUT2D eigenvalue weighted by atomic mass is 35.5. The molecule has 2 aromatic rings. The van der Waals surface area contributed by atoms with Gasteiger partial charge in [0.25, 0.3) is 5.91 Å². The number of aryl methyl sites for hydroxylation is 1. The summed E-state index contributed by atoms with van der Waals surface area (Å²) in [5.74, 6) is 0.00871. The van der Waals surface area contributed by atoms with Crippen molar-refractivity contribution in [1.82, 2.24) is 0 Å². The summed E-state index contributed by atoms with van der Waals surface area (Å²) in [5, 5.41) is 3.53. The van der Waals surface area contributed by atoms with Crippen molar-refractivity contribution in [1.29, 1.82) is 0 Å². The van der Waals surface area contributed by atoms with Crippen molar-refractivity contribution in [2.75, 3.05) is 16.0 Å². The molecule has 6 heteroatoms. The third kappa shape index (κ3) is 1.93. The Balaban J connectivity index is 1.93.